The zero-order valence-electron chi connectivity index (χ0n) is 12.7. The second-order valence-electron chi connectivity index (χ2n) is 4.86. The smallest absolute Gasteiger partial charge is 0.329 e. The molecule has 2 amide bonds. The summed E-state index contributed by atoms with van der Waals surface area (Å²) in [5.41, 5.74) is 0.363. The van der Waals surface area contributed by atoms with Crippen molar-refractivity contribution in [1.82, 2.24) is 10.6 Å². The highest BCUT2D eigenvalue weighted by Crippen LogP contribution is 2.18. The van der Waals surface area contributed by atoms with Gasteiger partial charge in [0.15, 0.2) is 0 Å². The Hall–Kier alpha value is -2.08. The average molecular weight is 293 g/mol. The monoisotopic (exact) mass is 293 g/mol. The van der Waals surface area contributed by atoms with Crippen molar-refractivity contribution >= 4 is 17.7 Å². The van der Waals surface area contributed by atoms with E-state index in [0.29, 0.717) is 25.1 Å². The standard InChI is InChI=1S/C15H23N3O3/c1-4-15(5-2,13(19)20)18-14(21)17-12-9-7-6-8-11(12)10-16-3/h6-9,16H,4-5,10H2,1-3H3,(H,19,20)(H2,17,18,21). The van der Waals surface area contributed by atoms with Gasteiger partial charge < -0.3 is 21.1 Å². The molecule has 0 bridgehead atoms. The molecule has 1 rings (SSSR count). The molecule has 6 nitrogen and oxygen atoms in total. The predicted molar refractivity (Wildman–Crippen MR) is 82.3 cm³/mol. The molecular formula is C15H23N3O3. The number of hydrogen-bond donors (Lipinski definition) is 4. The Kier molecular flexibility index (Phi) is 6.17. The number of amides is 2. The fourth-order valence-electron chi connectivity index (χ4n) is 2.14. The Morgan fingerprint density at radius 2 is 1.81 bits per heavy atom. The number of aliphatic carboxylic acids is 1. The Bertz CT molecular complexity index is 499. The molecule has 0 saturated heterocycles. The van der Waals surface area contributed by atoms with Crippen LogP contribution in [0.2, 0.25) is 0 Å². The summed E-state index contributed by atoms with van der Waals surface area (Å²) in [5, 5.41) is 17.6. The predicted octanol–water partition coefficient (Wildman–Crippen LogP) is 2.17. The van der Waals surface area contributed by atoms with E-state index in [2.05, 4.69) is 16.0 Å². The first-order chi connectivity index (χ1) is 9.99. The molecule has 0 aliphatic rings. The van der Waals surface area contributed by atoms with Gasteiger partial charge in [-0.25, -0.2) is 9.59 Å². The zero-order chi connectivity index (χ0) is 15.9. The number of nitrogens with one attached hydrogen (secondary N) is 3. The van der Waals surface area contributed by atoms with E-state index in [9.17, 15) is 14.7 Å². The average Bonchev–Trinajstić information content (AvgIpc) is 2.47. The summed E-state index contributed by atoms with van der Waals surface area (Å²) < 4.78 is 0. The lowest BCUT2D eigenvalue weighted by Gasteiger charge is -2.28. The van der Waals surface area contributed by atoms with Gasteiger partial charge in [-0.1, -0.05) is 32.0 Å². The first-order valence-electron chi connectivity index (χ1n) is 7.04. The van der Waals surface area contributed by atoms with Crippen molar-refractivity contribution in [3.05, 3.63) is 29.8 Å². The van der Waals surface area contributed by atoms with Crippen LogP contribution >= 0.6 is 0 Å². The van der Waals surface area contributed by atoms with Crippen LogP contribution in [0.4, 0.5) is 10.5 Å². The third-order valence-corrected chi connectivity index (χ3v) is 3.60. The fourth-order valence-corrected chi connectivity index (χ4v) is 2.14. The Labute approximate surface area is 124 Å². The topological polar surface area (TPSA) is 90.5 Å². The summed E-state index contributed by atoms with van der Waals surface area (Å²) in [5.74, 6) is -1.02. The van der Waals surface area contributed by atoms with Gasteiger partial charge in [0.05, 0.1) is 0 Å². The number of carbonyl (C=O) groups excluding carboxylic acids is 1. The lowest BCUT2D eigenvalue weighted by molar-refractivity contribution is -0.144. The Morgan fingerprint density at radius 1 is 1.19 bits per heavy atom. The van der Waals surface area contributed by atoms with Gasteiger partial charge in [0, 0.05) is 12.2 Å². The molecule has 0 aliphatic heterocycles. The second kappa shape index (κ2) is 7.64. The van der Waals surface area contributed by atoms with Crippen molar-refractivity contribution in [1.29, 1.82) is 0 Å². The van der Waals surface area contributed by atoms with Crippen molar-refractivity contribution in [2.24, 2.45) is 0 Å². The lowest BCUT2D eigenvalue weighted by Crippen LogP contribution is -2.55. The minimum atomic E-state index is -1.23. The highest BCUT2D eigenvalue weighted by atomic mass is 16.4. The van der Waals surface area contributed by atoms with Gasteiger partial charge >= 0.3 is 12.0 Å². The van der Waals surface area contributed by atoms with Gasteiger partial charge in [-0.2, -0.15) is 0 Å². The molecule has 0 aliphatic carbocycles. The molecule has 0 saturated carbocycles. The maximum absolute atomic E-state index is 12.1. The Morgan fingerprint density at radius 3 is 2.33 bits per heavy atom. The normalized spacial score (nSPS) is 11.0. The molecule has 0 aromatic heterocycles. The number of para-hydroxylation sites is 1. The van der Waals surface area contributed by atoms with Crippen molar-refractivity contribution < 1.29 is 14.7 Å². The van der Waals surface area contributed by atoms with Crippen LogP contribution in [0.15, 0.2) is 24.3 Å². The molecule has 0 spiro atoms. The van der Waals surface area contributed by atoms with Crippen LogP contribution in [0.25, 0.3) is 0 Å². The van der Waals surface area contributed by atoms with Crippen LogP contribution in [0, 0.1) is 0 Å². The van der Waals surface area contributed by atoms with Gasteiger partial charge in [-0.15, -0.1) is 0 Å². The van der Waals surface area contributed by atoms with E-state index in [4.69, 9.17) is 0 Å². The molecule has 116 valence electrons. The van der Waals surface area contributed by atoms with Gasteiger partial charge in [0.25, 0.3) is 0 Å². The minimum absolute atomic E-state index is 0.324. The number of hydrogen-bond acceptors (Lipinski definition) is 3. The number of anilines is 1. The number of rotatable bonds is 7. The minimum Gasteiger partial charge on any atom is -0.480 e. The fraction of sp³-hybridized carbons (Fsp3) is 0.467. The maximum Gasteiger partial charge on any atom is 0.329 e. The first kappa shape index (κ1) is 17.0. The maximum atomic E-state index is 12.1. The Balaban J connectivity index is 2.84. The van der Waals surface area contributed by atoms with E-state index in [-0.39, 0.29) is 0 Å². The second-order valence-corrected chi connectivity index (χ2v) is 4.86. The number of carbonyl (C=O) groups is 2. The van der Waals surface area contributed by atoms with Crippen molar-refractivity contribution in [3.63, 3.8) is 0 Å². The first-order valence-corrected chi connectivity index (χ1v) is 7.04. The summed E-state index contributed by atoms with van der Waals surface area (Å²) >= 11 is 0. The molecule has 0 atom stereocenters. The van der Waals surface area contributed by atoms with E-state index in [0.717, 1.165) is 5.56 Å². The SMILES string of the molecule is CCC(CC)(NC(=O)Nc1ccccc1CNC)C(=O)O. The van der Waals surface area contributed by atoms with Crippen molar-refractivity contribution in [3.8, 4) is 0 Å². The van der Waals surface area contributed by atoms with Crippen LogP contribution in [-0.4, -0.2) is 29.7 Å². The van der Waals surface area contributed by atoms with Crippen LogP contribution in [0.3, 0.4) is 0 Å². The van der Waals surface area contributed by atoms with Gasteiger partial charge in [-0.05, 0) is 31.5 Å². The van der Waals surface area contributed by atoms with Crippen LogP contribution in [-0.2, 0) is 11.3 Å². The van der Waals surface area contributed by atoms with Gasteiger partial charge in [0.2, 0.25) is 0 Å². The third-order valence-electron chi connectivity index (χ3n) is 3.60. The van der Waals surface area contributed by atoms with Crippen molar-refractivity contribution in [2.75, 3.05) is 12.4 Å². The molecule has 0 unspecified atom stereocenters. The zero-order valence-corrected chi connectivity index (χ0v) is 12.7. The van der Waals surface area contributed by atoms with E-state index in [1.165, 1.54) is 0 Å². The van der Waals surface area contributed by atoms with Gasteiger partial charge in [0.1, 0.15) is 5.54 Å². The van der Waals surface area contributed by atoms with Crippen molar-refractivity contribution in [2.45, 2.75) is 38.8 Å². The van der Waals surface area contributed by atoms with Crippen LogP contribution in [0.5, 0.6) is 0 Å². The summed E-state index contributed by atoms with van der Waals surface area (Å²) in [6.07, 6.45) is 0.648. The molecule has 0 heterocycles. The van der Waals surface area contributed by atoms with E-state index in [1.807, 2.05) is 25.2 Å². The summed E-state index contributed by atoms with van der Waals surface area (Å²) in [7, 11) is 1.82. The molecular weight excluding hydrogens is 270 g/mol. The molecule has 21 heavy (non-hydrogen) atoms. The quantitative estimate of drug-likeness (QED) is 0.620. The van der Waals surface area contributed by atoms with Crippen LogP contribution in [0.1, 0.15) is 32.3 Å². The molecule has 0 fully saturated rings. The molecule has 0 radical (unpaired) electrons. The summed E-state index contributed by atoms with van der Waals surface area (Å²) in [6, 6.07) is 6.88. The molecule has 1 aromatic rings. The van der Waals surface area contributed by atoms with E-state index in [1.54, 1.807) is 19.9 Å². The molecule has 4 N–H and O–H groups in total. The summed E-state index contributed by atoms with van der Waals surface area (Å²) in [6.45, 7) is 4.10. The van der Waals surface area contributed by atoms with E-state index >= 15 is 0 Å². The number of urea groups is 1. The third kappa shape index (κ3) is 4.19. The van der Waals surface area contributed by atoms with Crippen LogP contribution < -0.4 is 16.0 Å². The number of benzene rings is 1. The largest absolute Gasteiger partial charge is 0.480 e. The highest BCUT2D eigenvalue weighted by molar-refractivity contribution is 5.94. The lowest BCUT2D eigenvalue weighted by atomic mass is 9.93. The molecule has 1 aromatic carbocycles. The molecule has 6 heteroatoms. The summed E-state index contributed by atoms with van der Waals surface area (Å²) in [4.78, 5) is 23.5. The number of carboxylic acid groups (broad SMARTS) is 1. The van der Waals surface area contributed by atoms with Gasteiger partial charge in [-0.3, -0.25) is 0 Å². The number of carboxylic acids is 1. The van der Waals surface area contributed by atoms with E-state index < -0.39 is 17.5 Å². The highest BCUT2D eigenvalue weighted by Gasteiger charge is 2.36.